The molecule has 1 amide bonds. The molecule has 4 atom stereocenters. The standard InChI is InChI=1S/C16H39NO8Si3/c1-26(2,3)24-28(7,25-27(4,5)6)10-8-9-17-16(23)15(22)14(21)13(20)12(19)11-18/h12-15,18-22H,8-11H2,1-7H3,(H,17,23)/t12-,13-,14+,15-/m1/s1. The molecule has 168 valence electrons. The molecular weight excluding hydrogens is 418 g/mol. The van der Waals surface area contributed by atoms with E-state index in [0.717, 1.165) is 0 Å². The number of amides is 1. The Kier molecular flexibility index (Phi) is 11.2. The Morgan fingerprint density at radius 2 is 1.36 bits per heavy atom. The van der Waals surface area contributed by atoms with Gasteiger partial charge >= 0.3 is 8.56 Å². The smallest absolute Gasteiger partial charge is 0.314 e. The van der Waals surface area contributed by atoms with Gasteiger partial charge in [0.1, 0.15) is 18.3 Å². The van der Waals surface area contributed by atoms with E-state index in [1.807, 2.05) is 6.55 Å². The third-order valence-corrected chi connectivity index (χ3v) is 13.3. The molecule has 0 aromatic heterocycles. The number of rotatable bonds is 13. The molecule has 0 unspecified atom stereocenters. The minimum atomic E-state index is -2.42. The van der Waals surface area contributed by atoms with Crippen molar-refractivity contribution in [1.29, 1.82) is 0 Å². The van der Waals surface area contributed by atoms with E-state index < -0.39 is 62.1 Å². The maximum atomic E-state index is 12.0. The van der Waals surface area contributed by atoms with Gasteiger partial charge in [-0.2, -0.15) is 0 Å². The fraction of sp³-hybridized carbons (Fsp3) is 0.938. The summed E-state index contributed by atoms with van der Waals surface area (Å²) < 4.78 is 12.7. The largest absolute Gasteiger partial charge is 0.437 e. The molecule has 0 spiro atoms. The predicted molar refractivity (Wildman–Crippen MR) is 114 cm³/mol. The van der Waals surface area contributed by atoms with Crippen LogP contribution in [0.25, 0.3) is 0 Å². The predicted octanol–water partition coefficient (Wildman–Crippen LogP) is -0.296. The summed E-state index contributed by atoms with van der Waals surface area (Å²) in [5.74, 6) is -0.864. The van der Waals surface area contributed by atoms with E-state index in [1.54, 1.807) is 0 Å². The molecule has 0 aliphatic carbocycles. The highest BCUT2D eigenvalue weighted by Crippen LogP contribution is 2.25. The molecule has 0 aromatic rings. The van der Waals surface area contributed by atoms with Crippen LogP contribution in [0, 0.1) is 0 Å². The molecule has 0 heterocycles. The van der Waals surface area contributed by atoms with E-state index in [4.69, 9.17) is 13.3 Å². The van der Waals surface area contributed by atoms with Gasteiger partial charge in [0.05, 0.1) is 6.61 Å². The normalized spacial score (nSPS) is 17.7. The van der Waals surface area contributed by atoms with Gasteiger partial charge in [0.15, 0.2) is 22.7 Å². The van der Waals surface area contributed by atoms with Crippen LogP contribution in [-0.4, -0.2) is 94.2 Å². The topological polar surface area (TPSA) is 149 Å². The Morgan fingerprint density at radius 3 is 1.75 bits per heavy atom. The van der Waals surface area contributed by atoms with E-state index >= 15 is 0 Å². The molecule has 0 aliphatic heterocycles. The van der Waals surface area contributed by atoms with Crippen molar-refractivity contribution >= 4 is 31.1 Å². The fourth-order valence-electron chi connectivity index (χ4n) is 2.82. The van der Waals surface area contributed by atoms with Crippen LogP contribution in [0.15, 0.2) is 0 Å². The summed E-state index contributed by atoms with van der Waals surface area (Å²) in [6, 6.07) is 0.673. The van der Waals surface area contributed by atoms with Gasteiger partial charge < -0.3 is 39.1 Å². The first-order valence-electron chi connectivity index (χ1n) is 9.52. The highest BCUT2D eigenvalue weighted by atomic mass is 28.5. The van der Waals surface area contributed by atoms with Gasteiger partial charge in [-0.3, -0.25) is 4.79 Å². The number of hydrogen-bond acceptors (Lipinski definition) is 8. The second-order valence-corrected chi connectivity index (χ2v) is 22.0. The van der Waals surface area contributed by atoms with Crippen LogP contribution in [0.2, 0.25) is 51.9 Å². The number of carbonyl (C=O) groups is 1. The molecule has 28 heavy (non-hydrogen) atoms. The van der Waals surface area contributed by atoms with Crippen LogP contribution in [0.5, 0.6) is 0 Å². The van der Waals surface area contributed by atoms with E-state index in [0.29, 0.717) is 12.5 Å². The Hall–Kier alpha value is -0.159. The van der Waals surface area contributed by atoms with Gasteiger partial charge in [0.2, 0.25) is 0 Å². The number of nitrogens with one attached hydrogen (secondary N) is 1. The van der Waals surface area contributed by atoms with Crippen LogP contribution in [0.3, 0.4) is 0 Å². The quantitative estimate of drug-likeness (QED) is 0.163. The zero-order chi connectivity index (χ0) is 22.3. The lowest BCUT2D eigenvalue weighted by Crippen LogP contribution is -2.53. The summed E-state index contributed by atoms with van der Waals surface area (Å²) in [5, 5.41) is 49.7. The first-order valence-corrected chi connectivity index (χ1v) is 18.9. The van der Waals surface area contributed by atoms with Crippen molar-refractivity contribution < 1.29 is 38.6 Å². The Labute approximate surface area is 171 Å². The first kappa shape index (κ1) is 27.8. The molecule has 0 bridgehead atoms. The van der Waals surface area contributed by atoms with Crippen molar-refractivity contribution in [3.05, 3.63) is 0 Å². The van der Waals surface area contributed by atoms with Gasteiger partial charge in [-0.1, -0.05) is 0 Å². The summed E-state index contributed by atoms with van der Waals surface area (Å²) >= 11 is 0. The number of carbonyl (C=O) groups excluding carboxylic acids is 1. The lowest BCUT2D eigenvalue weighted by atomic mass is 10.0. The average Bonchev–Trinajstić information content (AvgIpc) is 2.52. The van der Waals surface area contributed by atoms with Crippen molar-refractivity contribution in [2.24, 2.45) is 0 Å². The number of aliphatic hydroxyl groups is 5. The first-order chi connectivity index (χ1) is 12.5. The summed E-state index contributed by atoms with van der Waals surface area (Å²) in [6.07, 6.45) is -6.74. The number of hydrogen-bond donors (Lipinski definition) is 6. The van der Waals surface area contributed by atoms with Gasteiger partial charge in [-0.05, 0) is 58.3 Å². The summed E-state index contributed by atoms with van der Waals surface area (Å²) in [6.45, 7) is 14.1. The zero-order valence-electron chi connectivity index (χ0n) is 18.1. The highest BCUT2D eigenvalue weighted by molar-refractivity contribution is 6.87. The molecule has 0 aliphatic rings. The third kappa shape index (κ3) is 11.1. The van der Waals surface area contributed by atoms with Crippen LogP contribution < -0.4 is 5.32 Å². The van der Waals surface area contributed by atoms with E-state index in [2.05, 4.69) is 44.6 Å². The van der Waals surface area contributed by atoms with Crippen molar-refractivity contribution in [3.63, 3.8) is 0 Å². The van der Waals surface area contributed by atoms with Crippen molar-refractivity contribution in [2.75, 3.05) is 13.2 Å². The van der Waals surface area contributed by atoms with Crippen LogP contribution in [-0.2, 0) is 13.0 Å². The SMILES string of the molecule is C[Si](C)(C)O[Si](C)(CCCNC(=O)[C@H](O)[C@@H](O)[C@H](O)[C@H](O)CO)O[Si](C)(C)C. The van der Waals surface area contributed by atoms with Gasteiger partial charge in [-0.25, -0.2) is 0 Å². The van der Waals surface area contributed by atoms with E-state index in [1.165, 1.54) is 0 Å². The molecule has 0 saturated heterocycles. The Bertz CT molecular complexity index is 467. The lowest BCUT2D eigenvalue weighted by molar-refractivity contribution is -0.148. The molecule has 12 heteroatoms. The van der Waals surface area contributed by atoms with E-state index in [9.17, 15) is 25.2 Å². The van der Waals surface area contributed by atoms with Gasteiger partial charge in [0.25, 0.3) is 5.91 Å². The second-order valence-electron chi connectivity index (χ2n) is 9.13. The molecule has 0 rings (SSSR count). The number of aliphatic hydroxyl groups excluding tert-OH is 5. The Balaban J connectivity index is 4.68. The van der Waals surface area contributed by atoms with E-state index in [-0.39, 0.29) is 6.54 Å². The van der Waals surface area contributed by atoms with Crippen molar-refractivity contribution in [3.8, 4) is 0 Å². The van der Waals surface area contributed by atoms with Gasteiger partial charge in [-0.15, -0.1) is 0 Å². The van der Waals surface area contributed by atoms with Gasteiger partial charge in [0, 0.05) is 6.54 Å². The van der Waals surface area contributed by atoms with Crippen LogP contribution >= 0.6 is 0 Å². The Morgan fingerprint density at radius 1 is 0.893 bits per heavy atom. The minimum absolute atomic E-state index is 0.244. The highest BCUT2D eigenvalue weighted by Gasteiger charge is 2.40. The molecule has 9 nitrogen and oxygen atoms in total. The average molecular weight is 458 g/mol. The summed E-state index contributed by atoms with van der Waals surface area (Å²) in [5.41, 5.74) is 0. The summed E-state index contributed by atoms with van der Waals surface area (Å²) in [7, 11) is -6.03. The summed E-state index contributed by atoms with van der Waals surface area (Å²) in [4.78, 5) is 12.0. The van der Waals surface area contributed by atoms with Crippen LogP contribution in [0.4, 0.5) is 0 Å². The second kappa shape index (κ2) is 11.3. The third-order valence-electron chi connectivity index (χ3n) is 3.67. The molecule has 0 saturated carbocycles. The molecule has 0 fully saturated rings. The molecule has 6 N–H and O–H groups in total. The van der Waals surface area contributed by atoms with Crippen LogP contribution in [0.1, 0.15) is 6.42 Å². The fourth-order valence-corrected chi connectivity index (χ4v) is 15.4. The maximum absolute atomic E-state index is 12.0. The molecule has 0 radical (unpaired) electrons. The lowest BCUT2D eigenvalue weighted by Gasteiger charge is -2.38. The molecule has 0 aromatic carbocycles. The monoisotopic (exact) mass is 457 g/mol. The van der Waals surface area contributed by atoms with Crippen molar-refractivity contribution in [1.82, 2.24) is 5.32 Å². The zero-order valence-corrected chi connectivity index (χ0v) is 21.1. The maximum Gasteiger partial charge on any atom is 0.314 e. The minimum Gasteiger partial charge on any atom is -0.437 e. The molecular formula is C16H39NO8Si3. The van der Waals surface area contributed by atoms with Crippen molar-refractivity contribution in [2.45, 2.75) is 82.7 Å².